The molecule has 0 radical (unpaired) electrons. The Balaban J connectivity index is 1.72. The van der Waals surface area contributed by atoms with Crippen LogP contribution in [0.15, 0.2) is 67.7 Å². The third kappa shape index (κ3) is 3.61. The molecule has 4 rings (SSSR count). The molecule has 1 amide bonds. The van der Waals surface area contributed by atoms with Gasteiger partial charge in [0.15, 0.2) is 11.2 Å². The van der Waals surface area contributed by atoms with Crippen LogP contribution in [0.4, 0.5) is 4.39 Å². The molecule has 0 spiro atoms. The molecule has 142 valence electrons. The zero-order chi connectivity index (χ0) is 19.7. The van der Waals surface area contributed by atoms with Crippen molar-refractivity contribution in [3.05, 3.63) is 92.1 Å². The van der Waals surface area contributed by atoms with Gasteiger partial charge in [0.25, 0.3) is 5.91 Å². The number of rotatable bonds is 5. The summed E-state index contributed by atoms with van der Waals surface area (Å²) >= 11 is 1.55. The van der Waals surface area contributed by atoms with Gasteiger partial charge >= 0.3 is 0 Å². The molecular formula is C21H16FNO4S. The number of fused-ring (bicyclic) bond motifs is 1. The van der Waals surface area contributed by atoms with Gasteiger partial charge in [-0.25, -0.2) is 4.39 Å². The first kappa shape index (κ1) is 18.2. The second-order valence-corrected chi connectivity index (χ2v) is 7.38. The minimum absolute atomic E-state index is 0.0927. The lowest BCUT2D eigenvalue weighted by molar-refractivity contribution is 0.0687. The second-order valence-electron chi connectivity index (χ2n) is 6.38. The molecule has 0 N–H and O–H groups in total. The van der Waals surface area contributed by atoms with Gasteiger partial charge in [0.2, 0.25) is 0 Å². The van der Waals surface area contributed by atoms with Crippen molar-refractivity contribution < 1.29 is 18.0 Å². The average molecular weight is 397 g/mol. The highest BCUT2D eigenvalue weighted by atomic mass is 32.1. The normalized spacial score (nSPS) is 11.1. The maximum atomic E-state index is 13.4. The summed E-state index contributed by atoms with van der Waals surface area (Å²) in [7, 11) is 0. The van der Waals surface area contributed by atoms with E-state index in [4.69, 9.17) is 8.83 Å². The number of halogens is 1. The van der Waals surface area contributed by atoms with Gasteiger partial charge in [-0.15, -0.1) is 11.3 Å². The Labute approximate surface area is 163 Å². The number of thiophene rings is 1. The summed E-state index contributed by atoms with van der Waals surface area (Å²) in [5.41, 5.74) is 0.787. The first-order valence-electron chi connectivity index (χ1n) is 8.59. The Kier molecular flexibility index (Phi) is 4.83. The Morgan fingerprint density at radius 2 is 2.04 bits per heavy atom. The van der Waals surface area contributed by atoms with Gasteiger partial charge in [-0.2, -0.15) is 0 Å². The number of furan rings is 1. The van der Waals surface area contributed by atoms with E-state index in [1.807, 2.05) is 18.4 Å². The van der Waals surface area contributed by atoms with Crippen LogP contribution < -0.4 is 5.43 Å². The van der Waals surface area contributed by atoms with Gasteiger partial charge in [-0.3, -0.25) is 9.59 Å². The van der Waals surface area contributed by atoms with Crippen LogP contribution in [0.2, 0.25) is 0 Å². The minimum Gasteiger partial charge on any atom is -0.467 e. The zero-order valence-corrected chi connectivity index (χ0v) is 15.8. The molecule has 1 aromatic carbocycles. The Hall–Kier alpha value is -3.19. The Morgan fingerprint density at radius 1 is 1.18 bits per heavy atom. The Bertz CT molecular complexity index is 1190. The van der Waals surface area contributed by atoms with E-state index in [9.17, 15) is 14.0 Å². The maximum absolute atomic E-state index is 13.4. The standard InChI is InChI=1S/C21H16FNO4S/c1-13-6-8-28-20(13)12-23(11-15-3-2-7-26-15)21(25)19-10-17(24)16-9-14(22)4-5-18(16)27-19/h2-10H,11-12H2,1H3. The molecule has 5 nitrogen and oxygen atoms in total. The van der Waals surface area contributed by atoms with E-state index >= 15 is 0 Å². The zero-order valence-electron chi connectivity index (χ0n) is 15.0. The molecule has 0 saturated carbocycles. The topological polar surface area (TPSA) is 63.7 Å². The summed E-state index contributed by atoms with van der Waals surface area (Å²) in [4.78, 5) is 28.1. The second kappa shape index (κ2) is 7.44. The quantitative estimate of drug-likeness (QED) is 0.488. The molecule has 0 aliphatic rings. The van der Waals surface area contributed by atoms with Crippen molar-refractivity contribution in [2.75, 3.05) is 0 Å². The largest absolute Gasteiger partial charge is 0.467 e. The maximum Gasteiger partial charge on any atom is 0.290 e. The highest BCUT2D eigenvalue weighted by molar-refractivity contribution is 7.10. The number of amides is 1. The molecule has 0 atom stereocenters. The van der Waals surface area contributed by atoms with Crippen molar-refractivity contribution in [3.8, 4) is 0 Å². The molecule has 0 aliphatic carbocycles. The molecule has 0 bridgehead atoms. The number of hydrogen-bond acceptors (Lipinski definition) is 5. The van der Waals surface area contributed by atoms with Gasteiger partial charge < -0.3 is 13.7 Å². The monoisotopic (exact) mass is 397 g/mol. The van der Waals surface area contributed by atoms with E-state index in [1.165, 1.54) is 12.1 Å². The van der Waals surface area contributed by atoms with Crippen molar-refractivity contribution in [2.24, 2.45) is 0 Å². The lowest BCUT2D eigenvalue weighted by Gasteiger charge is -2.21. The van der Waals surface area contributed by atoms with Gasteiger partial charge in [0, 0.05) is 10.9 Å². The molecule has 4 aromatic rings. The highest BCUT2D eigenvalue weighted by Crippen LogP contribution is 2.22. The van der Waals surface area contributed by atoms with Crippen LogP contribution in [-0.4, -0.2) is 10.8 Å². The predicted octanol–water partition coefficient (Wildman–Crippen LogP) is 4.74. The van der Waals surface area contributed by atoms with E-state index in [2.05, 4.69) is 0 Å². The molecule has 3 aromatic heterocycles. The van der Waals surface area contributed by atoms with Gasteiger partial charge in [0.1, 0.15) is 17.2 Å². The van der Waals surface area contributed by atoms with Crippen LogP contribution in [0, 0.1) is 12.7 Å². The first-order chi connectivity index (χ1) is 13.5. The molecule has 7 heteroatoms. The molecule has 0 aliphatic heterocycles. The summed E-state index contributed by atoms with van der Waals surface area (Å²) in [6.45, 7) is 2.56. The Morgan fingerprint density at radius 3 is 2.75 bits per heavy atom. The van der Waals surface area contributed by atoms with Crippen molar-refractivity contribution in [2.45, 2.75) is 20.0 Å². The molecule has 28 heavy (non-hydrogen) atoms. The van der Waals surface area contributed by atoms with Crippen LogP contribution in [0.25, 0.3) is 11.0 Å². The van der Waals surface area contributed by atoms with E-state index < -0.39 is 17.2 Å². The molecule has 3 heterocycles. The number of hydrogen-bond donors (Lipinski definition) is 0. The van der Waals surface area contributed by atoms with Crippen LogP contribution >= 0.6 is 11.3 Å². The van der Waals surface area contributed by atoms with Crippen LogP contribution in [-0.2, 0) is 13.1 Å². The van der Waals surface area contributed by atoms with Crippen LogP contribution in [0.5, 0.6) is 0 Å². The van der Waals surface area contributed by atoms with E-state index in [0.29, 0.717) is 12.3 Å². The number of aryl methyl sites for hydroxylation is 1. The fourth-order valence-corrected chi connectivity index (χ4v) is 3.84. The highest BCUT2D eigenvalue weighted by Gasteiger charge is 2.22. The van der Waals surface area contributed by atoms with Gasteiger partial charge in [-0.1, -0.05) is 0 Å². The van der Waals surface area contributed by atoms with E-state index in [-0.39, 0.29) is 23.3 Å². The molecule has 0 saturated heterocycles. The molecule has 0 unspecified atom stereocenters. The van der Waals surface area contributed by atoms with Crippen molar-refractivity contribution in [3.63, 3.8) is 0 Å². The number of carbonyl (C=O) groups excluding carboxylic acids is 1. The van der Waals surface area contributed by atoms with Crippen molar-refractivity contribution in [1.29, 1.82) is 0 Å². The van der Waals surface area contributed by atoms with Gasteiger partial charge in [0.05, 0.1) is 24.7 Å². The molecule has 0 fully saturated rings. The summed E-state index contributed by atoms with van der Waals surface area (Å²) in [5.74, 6) is -0.448. The third-order valence-electron chi connectivity index (χ3n) is 4.42. The number of benzene rings is 1. The average Bonchev–Trinajstić information content (AvgIpc) is 3.33. The summed E-state index contributed by atoms with van der Waals surface area (Å²) < 4.78 is 24.4. The molecular weight excluding hydrogens is 381 g/mol. The van der Waals surface area contributed by atoms with Crippen LogP contribution in [0.1, 0.15) is 26.8 Å². The SMILES string of the molecule is Cc1ccsc1CN(Cc1ccco1)C(=O)c1cc(=O)c2cc(F)ccc2o1. The minimum atomic E-state index is -0.536. The van der Waals surface area contributed by atoms with E-state index in [1.54, 1.807) is 34.6 Å². The number of carbonyl (C=O) groups is 1. The fraction of sp³-hybridized carbons (Fsp3) is 0.143. The third-order valence-corrected chi connectivity index (χ3v) is 5.42. The summed E-state index contributed by atoms with van der Waals surface area (Å²) in [6.07, 6.45) is 1.54. The van der Waals surface area contributed by atoms with Crippen molar-refractivity contribution >= 4 is 28.2 Å². The predicted molar refractivity (Wildman–Crippen MR) is 104 cm³/mol. The van der Waals surface area contributed by atoms with E-state index in [0.717, 1.165) is 22.6 Å². The summed E-state index contributed by atoms with van der Waals surface area (Å²) in [5, 5.41) is 2.06. The van der Waals surface area contributed by atoms with Crippen LogP contribution in [0.3, 0.4) is 0 Å². The smallest absolute Gasteiger partial charge is 0.290 e. The van der Waals surface area contributed by atoms with Crippen molar-refractivity contribution in [1.82, 2.24) is 4.90 Å². The lowest BCUT2D eigenvalue weighted by atomic mass is 10.2. The fourth-order valence-electron chi connectivity index (χ4n) is 2.92. The lowest BCUT2D eigenvalue weighted by Crippen LogP contribution is -2.30. The number of nitrogens with zero attached hydrogens (tertiary/aromatic N) is 1. The summed E-state index contributed by atoms with van der Waals surface area (Å²) in [6, 6.07) is 10.3. The van der Waals surface area contributed by atoms with Gasteiger partial charge in [-0.05, 0) is 54.3 Å². The first-order valence-corrected chi connectivity index (χ1v) is 9.47.